The first kappa shape index (κ1) is 14.5. The van der Waals surface area contributed by atoms with Crippen molar-refractivity contribution in [2.75, 3.05) is 31.4 Å². The average Bonchev–Trinajstić information content (AvgIpc) is 2.38. The van der Waals surface area contributed by atoms with Crippen LogP contribution in [0.15, 0.2) is 6.33 Å². The van der Waals surface area contributed by atoms with Crippen LogP contribution in [0.1, 0.15) is 26.7 Å². The molecule has 0 aliphatic heterocycles. The van der Waals surface area contributed by atoms with E-state index in [-0.39, 0.29) is 12.1 Å². The minimum atomic E-state index is -0.221. The molecule has 1 unspecified atom stereocenters. The van der Waals surface area contributed by atoms with Crippen LogP contribution in [0, 0.1) is 0 Å². The highest BCUT2D eigenvalue weighted by atomic mass is 16.5. The van der Waals surface area contributed by atoms with Crippen molar-refractivity contribution in [1.29, 1.82) is 0 Å². The molecular formula is C12H22N4O2. The summed E-state index contributed by atoms with van der Waals surface area (Å²) >= 11 is 0. The first-order chi connectivity index (χ1) is 8.60. The fraction of sp³-hybridized carbons (Fsp3) is 0.667. The Labute approximate surface area is 108 Å². The van der Waals surface area contributed by atoms with E-state index < -0.39 is 0 Å². The fourth-order valence-corrected chi connectivity index (χ4v) is 1.69. The number of nitrogens with zero attached hydrogens (tertiary/aromatic N) is 2. The Hall–Kier alpha value is -1.56. The van der Waals surface area contributed by atoms with Crippen LogP contribution < -0.4 is 15.4 Å². The van der Waals surface area contributed by atoms with Crippen molar-refractivity contribution in [3.05, 3.63) is 6.33 Å². The van der Waals surface area contributed by atoms with Gasteiger partial charge < -0.3 is 20.5 Å². The molecule has 1 atom stereocenters. The summed E-state index contributed by atoms with van der Waals surface area (Å²) in [5.41, 5.74) is -0.221. The number of hydrogen-bond acceptors (Lipinski definition) is 6. The highest BCUT2D eigenvalue weighted by Gasteiger charge is 2.24. The van der Waals surface area contributed by atoms with Crippen molar-refractivity contribution in [2.45, 2.75) is 32.2 Å². The molecule has 0 aromatic carbocycles. The predicted octanol–water partition coefficient (Wildman–Crippen LogP) is 1.49. The molecule has 0 aliphatic carbocycles. The van der Waals surface area contributed by atoms with Crippen LogP contribution in [0.2, 0.25) is 0 Å². The zero-order chi connectivity index (χ0) is 13.6. The molecule has 0 saturated carbocycles. The predicted molar refractivity (Wildman–Crippen MR) is 72.2 cm³/mol. The van der Waals surface area contributed by atoms with Gasteiger partial charge in [0.2, 0.25) is 5.75 Å². The molecule has 6 nitrogen and oxygen atoms in total. The van der Waals surface area contributed by atoms with Crippen LogP contribution in [0.4, 0.5) is 11.6 Å². The van der Waals surface area contributed by atoms with E-state index in [1.165, 1.54) is 6.33 Å². The monoisotopic (exact) mass is 254 g/mol. The van der Waals surface area contributed by atoms with E-state index in [0.717, 1.165) is 6.42 Å². The molecular weight excluding hydrogens is 232 g/mol. The Bertz CT molecular complexity index is 386. The normalized spacial score (nSPS) is 13.8. The molecule has 0 spiro atoms. The standard InChI is InChI=1S/C12H22N4O2/c1-5-12(2,6-7-17)16-11-9(18-4)10(13-3)14-8-15-11/h8,17H,5-7H2,1-4H3,(H2,13,14,15,16). The van der Waals surface area contributed by atoms with E-state index in [4.69, 9.17) is 9.84 Å². The topological polar surface area (TPSA) is 79.3 Å². The van der Waals surface area contributed by atoms with Crippen molar-refractivity contribution in [2.24, 2.45) is 0 Å². The quantitative estimate of drug-likeness (QED) is 0.684. The third-order valence-electron chi connectivity index (χ3n) is 3.11. The van der Waals surface area contributed by atoms with E-state index in [2.05, 4.69) is 27.5 Å². The maximum absolute atomic E-state index is 9.12. The van der Waals surface area contributed by atoms with Crippen molar-refractivity contribution in [3.8, 4) is 5.75 Å². The summed E-state index contributed by atoms with van der Waals surface area (Å²) in [5.74, 6) is 1.85. The van der Waals surface area contributed by atoms with Gasteiger partial charge in [-0.05, 0) is 19.8 Å². The van der Waals surface area contributed by atoms with Crippen LogP contribution in [0.3, 0.4) is 0 Å². The molecule has 0 saturated heterocycles. The highest BCUT2D eigenvalue weighted by Crippen LogP contribution is 2.32. The lowest BCUT2D eigenvalue weighted by Crippen LogP contribution is -2.35. The molecule has 18 heavy (non-hydrogen) atoms. The number of rotatable bonds is 7. The molecule has 0 amide bonds. The van der Waals surface area contributed by atoms with Crippen molar-refractivity contribution < 1.29 is 9.84 Å². The molecule has 1 rings (SSSR count). The van der Waals surface area contributed by atoms with Crippen molar-refractivity contribution >= 4 is 11.6 Å². The van der Waals surface area contributed by atoms with Gasteiger partial charge in [0.15, 0.2) is 11.6 Å². The lowest BCUT2D eigenvalue weighted by Gasteiger charge is -2.30. The van der Waals surface area contributed by atoms with E-state index in [9.17, 15) is 0 Å². The molecule has 1 aromatic heterocycles. The van der Waals surface area contributed by atoms with Gasteiger partial charge in [0.1, 0.15) is 6.33 Å². The molecule has 1 heterocycles. The molecule has 6 heteroatoms. The van der Waals surface area contributed by atoms with Gasteiger partial charge in [0.05, 0.1) is 7.11 Å². The van der Waals surface area contributed by atoms with Crippen LogP contribution in [-0.4, -0.2) is 41.4 Å². The average molecular weight is 254 g/mol. The van der Waals surface area contributed by atoms with Crippen LogP contribution >= 0.6 is 0 Å². The second-order valence-electron chi connectivity index (χ2n) is 4.37. The van der Waals surface area contributed by atoms with E-state index in [1.807, 2.05) is 6.92 Å². The van der Waals surface area contributed by atoms with Gasteiger partial charge in [0.25, 0.3) is 0 Å². The van der Waals surface area contributed by atoms with E-state index >= 15 is 0 Å². The Balaban J connectivity index is 3.02. The molecule has 3 N–H and O–H groups in total. The van der Waals surface area contributed by atoms with Gasteiger partial charge in [-0.1, -0.05) is 6.92 Å². The molecule has 0 radical (unpaired) electrons. The molecule has 0 bridgehead atoms. The number of nitrogens with one attached hydrogen (secondary N) is 2. The number of anilines is 2. The zero-order valence-electron chi connectivity index (χ0n) is 11.4. The lowest BCUT2D eigenvalue weighted by atomic mass is 9.95. The fourth-order valence-electron chi connectivity index (χ4n) is 1.69. The summed E-state index contributed by atoms with van der Waals surface area (Å²) in [5, 5.41) is 15.4. The van der Waals surface area contributed by atoms with Gasteiger partial charge >= 0.3 is 0 Å². The van der Waals surface area contributed by atoms with Crippen molar-refractivity contribution in [3.63, 3.8) is 0 Å². The first-order valence-corrected chi connectivity index (χ1v) is 6.06. The summed E-state index contributed by atoms with van der Waals surface area (Å²) in [7, 11) is 3.36. The first-order valence-electron chi connectivity index (χ1n) is 6.06. The van der Waals surface area contributed by atoms with Gasteiger partial charge in [-0.3, -0.25) is 0 Å². The lowest BCUT2D eigenvalue weighted by molar-refractivity contribution is 0.251. The van der Waals surface area contributed by atoms with Gasteiger partial charge in [0, 0.05) is 19.2 Å². The maximum atomic E-state index is 9.12. The summed E-state index contributed by atoms with van der Waals surface area (Å²) < 4.78 is 5.32. The Morgan fingerprint density at radius 2 is 2.06 bits per heavy atom. The Morgan fingerprint density at radius 3 is 2.56 bits per heavy atom. The zero-order valence-corrected chi connectivity index (χ0v) is 11.4. The second kappa shape index (κ2) is 6.39. The van der Waals surface area contributed by atoms with Crippen LogP contribution in [0.5, 0.6) is 5.75 Å². The van der Waals surface area contributed by atoms with Crippen molar-refractivity contribution in [1.82, 2.24) is 9.97 Å². The largest absolute Gasteiger partial charge is 0.490 e. The van der Waals surface area contributed by atoms with Crippen LogP contribution in [-0.2, 0) is 0 Å². The summed E-state index contributed by atoms with van der Waals surface area (Å²) in [6, 6.07) is 0. The van der Waals surface area contributed by atoms with Gasteiger partial charge in [-0.2, -0.15) is 0 Å². The smallest absolute Gasteiger partial charge is 0.204 e. The number of ether oxygens (including phenoxy) is 1. The summed E-state index contributed by atoms with van der Waals surface area (Å²) in [6.45, 7) is 4.24. The second-order valence-corrected chi connectivity index (χ2v) is 4.37. The number of hydrogen-bond donors (Lipinski definition) is 3. The number of methoxy groups -OCH3 is 1. The molecule has 1 aromatic rings. The Morgan fingerprint density at radius 1 is 1.39 bits per heavy atom. The van der Waals surface area contributed by atoms with Gasteiger partial charge in [-0.15, -0.1) is 0 Å². The number of aliphatic hydroxyl groups excluding tert-OH is 1. The number of aromatic nitrogens is 2. The minimum absolute atomic E-state index is 0.129. The SMILES string of the molecule is CCC(C)(CCO)Nc1ncnc(NC)c1OC. The number of aliphatic hydroxyl groups is 1. The highest BCUT2D eigenvalue weighted by molar-refractivity contribution is 5.64. The van der Waals surface area contributed by atoms with E-state index in [0.29, 0.717) is 23.8 Å². The molecule has 0 aliphatic rings. The van der Waals surface area contributed by atoms with E-state index in [1.54, 1.807) is 14.2 Å². The van der Waals surface area contributed by atoms with Gasteiger partial charge in [-0.25, -0.2) is 9.97 Å². The molecule has 0 fully saturated rings. The minimum Gasteiger partial charge on any atom is -0.490 e. The Kier molecular flexibility index (Phi) is 5.15. The third kappa shape index (κ3) is 3.22. The molecule has 102 valence electrons. The van der Waals surface area contributed by atoms with Crippen LogP contribution in [0.25, 0.3) is 0 Å². The maximum Gasteiger partial charge on any atom is 0.204 e. The third-order valence-corrected chi connectivity index (χ3v) is 3.11. The summed E-state index contributed by atoms with van der Waals surface area (Å²) in [6.07, 6.45) is 2.99. The summed E-state index contributed by atoms with van der Waals surface area (Å²) in [4.78, 5) is 8.30.